The van der Waals surface area contributed by atoms with Crippen molar-refractivity contribution in [3.05, 3.63) is 30.1 Å². The second-order valence-corrected chi connectivity index (χ2v) is 7.04. The van der Waals surface area contributed by atoms with Gasteiger partial charge in [-0.05, 0) is 37.3 Å². The van der Waals surface area contributed by atoms with Gasteiger partial charge in [0, 0.05) is 32.6 Å². The number of para-hydroxylation sites is 2. The van der Waals surface area contributed by atoms with Crippen LogP contribution >= 0.6 is 24.0 Å². The third kappa shape index (κ3) is 5.33. The predicted molar refractivity (Wildman–Crippen MR) is 116 cm³/mol. The molecule has 1 saturated heterocycles. The Morgan fingerprint density at radius 2 is 2.00 bits per heavy atom. The van der Waals surface area contributed by atoms with E-state index in [1.165, 1.54) is 6.42 Å². The van der Waals surface area contributed by atoms with Crippen LogP contribution in [-0.2, 0) is 6.42 Å². The number of hydrogen-bond donors (Lipinski definition) is 2. The number of H-pyrrole nitrogens is 1. The van der Waals surface area contributed by atoms with Gasteiger partial charge >= 0.3 is 0 Å². The summed E-state index contributed by atoms with van der Waals surface area (Å²) in [6, 6.07) is 8.16. The molecule has 0 saturated carbocycles. The van der Waals surface area contributed by atoms with Gasteiger partial charge in [0.25, 0.3) is 0 Å². The average Bonchev–Trinajstić information content (AvgIpc) is 2.96. The third-order valence-electron chi connectivity index (χ3n) is 4.55. The van der Waals surface area contributed by atoms with Crippen LogP contribution in [0.1, 0.15) is 33.0 Å². The standard InChI is InChI=1S/C19H29N5.HI/c1-4-20-19(24-12-14(2)11-15(3)13-24)21-10-9-18-22-16-7-5-6-8-17(16)23-18;/h5-8,14-15H,4,9-13H2,1-3H3,(H,20,21)(H,22,23);1H. The van der Waals surface area contributed by atoms with Crippen LogP contribution in [0.25, 0.3) is 11.0 Å². The lowest BCUT2D eigenvalue weighted by atomic mass is 9.92. The number of fused-ring (bicyclic) bond motifs is 1. The number of piperidine rings is 1. The number of nitrogens with zero attached hydrogens (tertiary/aromatic N) is 3. The van der Waals surface area contributed by atoms with Gasteiger partial charge in [-0.1, -0.05) is 26.0 Å². The molecule has 2 atom stereocenters. The van der Waals surface area contributed by atoms with Crippen molar-refractivity contribution in [1.29, 1.82) is 0 Å². The number of aromatic amines is 1. The minimum Gasteiger partial charge on any atom is -0.357 e. The van der Waals surface area contributed by atoms with Gasteiger partial charge in [0.15, 0.2) is 5.96 Å². The van der Waals surface area contributed by atoms with E-state index in [0.29, 0.717) is 0 Å². The predicted octanol–water partition coefficient (Wildman–Crippen LogP) is 3.67. The minimum atomic E-state index is 0. The van der Waals surface area contributed by atoms with Gasteiger partial charge in [0.1, 0.15) is 5.82 Å². The quantitative estimate of drug-likeness (QED) is 0.420. The monoisotopic (exact) mass is 455 g/mol. The number of nitrogens with one attached hydrogen (secondary N) is 2. The van der Waals surface area contributed by atoms with Crippen molar-refractivity contribution in [2.75, 3.05) is 26.2 Å². The smallest absolute Gasteiger partial charge is 0.193 e. The Balaban J connectivity index is 0.00000225. The first-order chi connectivity index (χ1) is 11.7. The van der Waals surface area contributed by atoms with Crippen LogP contribution < -0.4 is 5.32 Å². The number of benzene rings is 1. The molecule has 0 radical (unpaired) electrons. The lowest BCUT2D eigenvalue weighted by Crippen LogP contribution is -2.48. The molecular weight excluding hydrogens is 425 g/mol. The molecule has 3 rings (SSSR count). The molecule has 2 aromatic rings. The molecule has 2 unspecified atom stereocenters. The molecule has 0 bridgehead atoms. The second kappa shape index (κ2) is 9.40. The van der Waals surface area contributed by atoms with E-state index in [4.69, 9.17) is 4.99 Å². The maximum atomic E-state index is 4.84. The van der Waals surface area contributed by atoms with Crippen molar-refractivity contribution < 1.29 is 0 Å². The van der Waals surface area contributed by atoms with E-state index >= 15 is 0 Å². The summed E-state index contributed by atoms with van der Waals surface area (Å²) in [4.78, 5) is 15.3. The Hall–Kier alpha value is -1.31. The summed E-state index contributed by atoms with van der Waals surface area (Å²) in [6.45, 7) is 10.7. The zero-order valence-electron chi connectivity index (χ0n) is 15.5. The molecular formula is C19H30IN5. The Morgan fingerprint density at radius 3 is 2.68 bits per heavy atom. The fourth-order valence-corrected chi connectivity index (χ4v) is 3.65. The Bertz CT molecular complexity index is 653. The van der Waals surface area contributed by atoms with Crippen molar-refractivity contribution in [2.45, 2.75) is 33.6 Å². The molecule has 2 N–H and O–H groups in total. The Kier molecular flexibility index (Phi) is 7.53. The number of rotatable bonds is 4. The van der Waals surface area contributed by atoms with E-state index in [-0.39, 0.29) is 24.0 Å². The molecule has 0 aliphatic carbocycles. The van der Waals surface area contributed by atoms with Gasteiger partial charge in [-0.3, -0.25) is 4.99 Å². The van der Waals surface area contributed by atoms with Gasteiger partial charge in [-0.25, -0.2) is 4.98 Å². The molecule has 1 aliphatic heterocycles. The lowest BCUT2D eigenvalue weighted by molar-refractivity contribution is 0.208. The van der Waals surface area contributed by atoms with Gasteiger partial charge < -0.3 is 15.2 Å². The summed E-state index contributed by atoms with van der Waals surface area (Å²) >= 11 is 0. The van der Waals surface area contributed by atoms with E-state index in [1.54, 1.807) is 0 Å². The van der Waals surface area contributed by atoms with E-state index in [1.807, 2.05) is 18.2 Å². The van der Waals surface area contributed by atoms with Crippen LogP contribution in [0.2, 0.25) is 0 Å². The first-order valence-corrected chi connectivity index (χ1v) is 9.12. The normalized spacial score (nSPS) is 21.2. The van der Waals surface area contributed by atoms with E-state index < -0.39 is 0 Å². The van der Waals surface area contributed by atoms with Crippen LogP contribution in [0.3, 0.4) is 0 Å². The Morgan fingerprint density at radius 1 is 1.28 bits per heavy atom. The molecule has 6 heteroatoms. The van der Waals surface area contributed by atoms with E-state index in [9.17, 15) is 0 Å². The second-order valence-electron chi connectivity index (χ2n) is 7.04. The molecule has 138 valence electrons. The lowest BCUT2D eigenvalue weighted by Gasteiger charge is -2.37. The van der Waals surface area contributed by atoms with Gasteiger partial charge in [-0.15, -0.1) is 24.0 Å². The zero-order valence-corrected chi connectivity index (χ0v) is 17.8. The van der Waals surface area contributed by atoms with Crippen molar-refractivity contribution in [3.8, 4) is 0 Å². The number of halogens is 1. The van der Waals surface area contributed by atoms with Crippen LogP contribution in [0.5, 0.6) is 0 Å². The fraction of sp³-hybridized carbons (Fsp3) is 0.579. The largest absolute Gasteiger partial charge is 0.357 e. The SMILES string of the molecule is CCNC(=NCCc1nc2ccccc2[nH]1)N1CC(C)CC(C)C1.I. The molecule has 0 spiro atoms. The maximum Gasteiger partial charge on any atom is 0.193 e. The zero-order chi connectivity index (χ0) is 16.9. The Labute approximate surface area is 167 Å². The molecule has 25 heavy (non-hydrogen) atoms. The summed E-state index contributed by atoms with van der Waals surface area (Å²) in [6.07, 6.45) is 2.15. The molecule has 1 aromatic carbocycles. The van der Waals surface area contributed by atoms with Crippen molar-refractivity contribution in [1.82, 2.24) is 20.2 Å². The highest BCUT2D eigenvalue weighted by atomic mass is 127. The van der Waals surface area contributed by atoms with E-state index in [0.717, 1.165) is 67.3 Å². The first-order valence-electron chi connectivity index (χ1n) is 9.12. The topological polar surface area (TPSA) is 56.3 Å². The highest BCUT2D eigenvalue weighted by molar-refractivity contribution is 14.0. The molecule has 2 heterocycles. The van der Waals surface area contributed by atoms with Crippen molar-refractivity contribution in [2.24, 2.45) is 16.8 Å². The van der Waals surface area contributed by atoms with Gasteiger partial charge in [0.2, 0.25) is 0 Å². The average molecular weight is 455 g/mol. The van der Waals surface area contributed by atoms with Crippen LogP contribution in [0.15, 0.2) is 29.3 Å². The summed E-state index contributed by atoms with van der Waals surface area (Å²) in [5, 5.41) is 3.45. The summed E-state index contributed by atoms with van der Waals surface area (Å²) in [7, 11) is 0. The molecule has 0 amide bonds. The number of imidazole rings is 1. The summed E-state index contributed by atoms with van der Waals surface area (Å²) in [5.74, 6) is 3.52. The van der Waals surface area contributed by atoms with Crippen molar-refractivity contribution >= 4 is 41.0 Å². The minimum absolute atomic E-state index is 0. The first kappa shape index (κ1) is 20.0. The van der Waals surface area contributed by atoms with Crippen LogP contribution in [-0.4, -0.2) is 47.0 Å². The third-order valence-corrected chi connectivity index (χ3v) is 4.55. The molecule has 5 nitrogen and oxygen atoms in total. The fourth-order valence-electron chi connectivity index (χ4n) is 3.65. The summed E-state index contributed by atoms with van der Waals surface area (Å²) < 4.78 is 0. The number of hydrogen-bond acceptors (Lipinski definition) is 2. The maximum absolute atomic E-state index is 4.84. The van der Waals surface area contributed by atoms with E-state index in [2.05, 4.69) is 47.0 Å². The number of aromatic nitrogens is 2. The number of likely N-dealkylation sites (tertiary alicyclic amines) is 1. The van der Waals surface area contributed by atoms with Crippen LogP contribution in [0, 0.1) is 11.8 Å². The molecule has 1 fully saturated rings. The van der Waals surface area contributed by atoms with Crippen molar-refractivity contribution in [3.63, 3.8) is 0 Å². The van der Waals surface area contributed by atoms with Gasteiger partial charge in [0.05, 0.1) is 11.0 Å². The highest BCUT2D eigenvalue weighted by Crippen LogP contribution is 2.21. The molecule has 1 aromatic heterocycles. The molecule has 1 aliphatic rings. The van der Waals surface area contributed by atoms with Gasteiger partial charge in [-0.2, -0.15) is 0 Å². The summed E-state index contributed by atoms with van der Waals surface area (Å²) in [5.41, 5.74) is 2.13. The highest BCUT2D eigenvalue weighted by Gasteiger charge is 2.23. The number of guanidine groups is 1. The number of aliphatic imine (C=N–C) groups is 1. The van der Waals surface area contributed by atoms with Crippen LogP contribution in [0.4, 0.5) is 0 Å².